The zero-order valence-corrected chi connectivity index (χ0v) is 32.2. The summed E-state index contributed by atoms with van der Waals surface area (Å²) in [6.07, 6.45) is 3.35. The molecule has 8 nitrogen and oxygen atoms in total. The number of hydrogen-bond donors (Lipinski definition) is 0. The van der Waals surface area contributed by atoms with E-state index in [9.17, 15) is 0 Å². The molecule has 0 aliphatic heterocycles. The van der Waals surface area contributed by atoms with E-state index in [1.54, 1.807) is 12.5 Å². The predicted octanol–water partition coefficient (Wildman–Crippen LogP) is 11.8. The summed E-state index contributed by atoms with van der Waals surface area (Å²) in [5.74, 6) is 3.55. The van der Waals surface area contributed by atoms with Crippen molar-refractivity contribution in [2.24, 2.45) is 0 Å². The van der Waals surface area contributed by atoms with Gasteiger partial charge in [-0.2, -0.15) is 0 Å². The summed E-state index contributed by atoms with van der Waals surface area (Å²) in [6.45, 7) is 0. The van der Waals surface area contributed by atoms with E-state index in [1.165, 1.54) is 0 Å². The molecule has 0 spiro atoms. The number of aromatic nitrogens is 8. The van der Waals surface area contributed by atoms with Crippen molar-refractivity contribution in [2.45, 2.75) is 0 Å². The lowest BCUT2D eigenvalue weighted by Gasteiger charge is -2.17. The van der Waals surface area contributed by atoms with Gasteiger partial charge < -0.3 is 0 Å². The van der Waals surface area contributed by atoms with E-state index in [0.29, 0.717) is 34.9 Å². The molecular weight excluding hydrogens is 737 g/mol. The van der Waals surface area contributed by atoms with Crippen molar-refractivity contribution in [3.63, 3.8) is 0 Å². The zero-order valence-electron chi connectivity index (χ0n) is 32.2. The van der Waals surface area contributed by atoms with E-state index in [4.69, 9.17) is 34.9 Å². The molecule has 0 aliphatic carbocycles. The quantitative estimate of drug-likeness (QED) is 0.143. The van der Waals surface area contributed by atoms with Gasteiger partial charge in [-0.3, -0.25) is 0 Å². The highest BCUT2D eigenvalue weighted by atomic mass is 15.0. The largest absolute Gasteiger partial charge is 0.245 e. The van der Waals surface area contributed by atoms with Crippen LogP contribution in [0.2, 0.25) is 0 Å². The van der Waals surface area contributed by atoms with E-state index >= 15 is 0 Å². The van der Waals surface area contributed by atoms with Crippen LogP contribution in [0.4, 0.5) is 0 Å². The van der Waals surface area contributed by atoms with Crippen molar-refractivity contribution in [1.82, 2.24) is 39.9 Å². The van der Waals surface area contributed by atoms with E-state index in [0.717, 1.165) is 66.9 Å². The molecule has 0 unspecified atom stereocenters. The van der Waals surface area contributed by atoms with Gasteiger partial charge in [0.1, 0.15) is 6.33 Å². The summed E-state index contributed by atoms with van der Waals surface area (Å²) in [5.41, 5.74) is 10.9. The van der Waals surface area contributed by atoms with Crippen LogP contribution < -0.4 is 0 Å². The maximum atomic E-state index is 5.09. The van der Waals surface area contributed by atoms with Gasteiger partial charge in [0.2, 0.25) is 0 Å². The zero-order chi connectivity index (χ0) is 40.1. The molecule has 0 aliphatic rings. The highest BCUT2D eigenvalue weighted by Crippen LogP contribution is 2.41. The lowest BCUT2D eigenvalue weighted by Crippen LogP contribution is -2.02. The lowest BCUT2D eigenvalue weighted by molar-refractivity contribution is 1.07. The SMILES string of the molecule is c1ccc(-c2nc(-c3ccccc3)nc(-c3ccccc3-c3ccc(-c4ccccc4-c4nc(-c5ccccc5)nc(-c5ccccc5)n4)c(-c4ccncn4)c3)n2)cc1. The van der Waals surface area contributed by atoms with Gasteiger partial charge in [-0.1, -0.05) is 182 Å². The summed E-state index contributed by atoms with van der Waals surface area (Å²) in [7, 11) is 0. The van der Waals surface area contributed by atoms with Crippen LogP contribution >= 0.6 is 0 Å². The topological polar surface area (TPSA) is 103 Å². The fourth-order valence-electron chi connectivity index (χ4n) is 7.31. The maximum Gasteiger partial charge on any atom is 0.164 e. The summed E-state index contributed by atoms with van der Waals surface area (Å²) in [6, 6.07) is 65.0. The molecule has 0 saturated carbocycles. The molecule has 3 heterocycles. The molecule has 8 heteroatoms. The van der Waals surface area contributed by atoms with Crippen LogP contribution in [0.25, 0.3) is 102 Å². The highest BCUT2D eigenvalue weighted by molar-refractivity contribution is 5.93. The van der Waals surface area contributed by atoms with Gasteiger partial charge in [0, 0.05) is 45.1 Å². The first-order valence-electron chi connectivity index (χ1n) is 19.6. The third-order valence-electron chi connectivity index (χ3n) is 10.2. The third-order valence-corrected chi connectivity index (χ3v) is 10.2. The van der Waals surface area contributed by atoms with E-state index < -0.39 is 0 Å². The molecule has 0 bridgehead atoms. The van der Waals surface area contributed by atoms with Gasteiger partial charge in [0.15, 0.2) is 34.9 Å². The minimum absolute atomic E-state index is 0.569. The van der Waals surface area contributed by atoms with Crippen LogP contribution in [0.5, 0.6) is 0 Å². The van der Waals surface area contributed by atoms with Gasteiger partial charge in [0.25, 0.3) is 0 Å². The third kappa shape index (κ3) is 7.32. The number of benzene rings is 7. The standard InChI is InChI=1S/C52H34N8/c1-5-17-35(18-6-1)47-55-48(36-19-7-2-8-20-36)58-51(57-47)43-27-15-13-25-40(43)39-29-30-42(45(33-39)46-31-32-53-34-54-46)41-26-14-16-28-44(41)52-59-49(37-21-9-3-10-22-37)56-50(60-52)38-23-11-4-12-24-38/h1-34H. The van der Waals surface area contributed by atoms with E-state index in [2.05, 4.69) is 47.4 Å². The first-order chi connectivity index (χ1) is 29.7. The first-order valence-corrected chi connectivity index (χ1v) is 19.6. The molecule has 282 valence electrons. The molecule has 60 heavy (non-hydrogen) atoms. The van der Waals surface area contributed by atoms with Crippen LogP contribution in [-0.4, -0.2) is 39.9 Å². The molecule has 0 amide bonds. The fraction of sp³-hybridized carbons (Fsp3) is 0. The second-order valence-electron chi connectivity index (χ2n) is 14.0. The summed E-state index contributed by atoms with van der Waals surface area (Å²) < 4.78 is 0. The maximum absolute atomic E-state index is 5.09. The van der Waals surface area contributed by atoms with Crippen molar-refractivity contribution < 1.29 is 0 Å². The highest BCUT2D eigenvalue weighted by Gasteiger charge is 2.21. The van der Waals surface area contributed by atoms with Crippen LogP contribution in [0.15, 0.2) is 207 Å². The Hall–Kier alpha value is -8.36. The molecule has 10 rings (SSSR count). The predicted molar refractivity (Wildman–Crippen MR) is 238 cm³/mol. The number of hydrogen-bond acceptors (Lipinski definition) is 8. The van der Waals surface area contributed by atoms with Crippen LogP contribution in [0.3, 0.4) is 0 Å². The Morgan fingerprint density at radius 2 is 0.617 bits per heavy atom. The Bertz CT molecular complexity index is 2960. The van der Waals surface area contributed by atoms with Gasteiger partial charge in [-0.05, 0) is 34.4 Å². The summed E-state index contributed by atoms with van der Waals surface area (Å²) in [4.78, 5) is 39.2. The second kappa shape index (κ2) is 16.2. The summed E-state index contributed by atoms with van der Waals surface area (Å²) >= 11 is 0. The minimum atomic E-state index is 0.569. The molecule has 0 atom stereocenters. The molecule has 0 saturated heterocycles. The lowest BCUT2D eigenvalue weighted by atomic mass is 9.89. The fourth-order valence-corrected chi connectivity index (χ4v) is 7.31. The van der Waals surface area contributed by atoms with Gasteiger partial charge in [-0.25, -0.2) is 39.9 Å². The molecule has 0 N–H and O–H groups in total. The summed E-state index contributed by atoms with van der Waals surface area (Å²) in [5, 5.41) is 0. The van der Waals surface area contributed by atoms with Crippen molar-refractivity contribution in [3.05, 3.63) is 207 Å². The molecule has 0 fully saturated rings. The van der Waals surface area contributed by atoms with Gasteiger partial charge in [0.05, 0.1) is 5.69 Å². The van der Waals surface area contributed by atoms with E-state index in [1.807, 2.05) is 152 Å². The second-order valence-corrected chi connectivity index (χ2v) is 14.0. The minimum Gasteiger partial charge on any atom is -0.245 e. The van der Waals surface area contributed by atoms with Crippen LogP contribution in [0.1, 0.15) is 0 Å². The number of nitrogens with zero attached hydrogens (tertiary/aromatic N) is 8. The van der Waals surface area contributed by atoms with Crippen molar-refractivity contribution >= 4 is 0 Å². The molecule has 3 aromatic heterocycles. The molecule has 10 aromatic rings. The van der Waals surface area contributed by atoms with Crippen LogP contribution in [0, 0.1) is 0 Å². The molecule has 7 aromatic carbocycles. The van der Waals surface area contributed by atoms with Gasteiger partial charge in [-0.15, -0.1) is 0 Å². The Morgan fingerprint density at radius 3 is 1.05 bits per heavy atom. The monoisotopic (exact) mass is 770 g/mol. The Morgan fingerprint density at radius 1 is 0.250 bits per heavy atom. The first kappa shape index (κ1) is 36.0. The smallest absolute Gasteiger partial charge is 0.164 e. The van der Waals surface area contributed by atoms with Gasteiger partial charge >= 0.3 is 0 Å². The number of rotatable bonds is 9. The van der Waals surface area contributed by atoms with Crippen molar-refractivity contribution in [1.29, 1.82) is 0 Å². The normalized spacial score (nSPS) is 11.0. The van der Waals surface area contributed by atoms with E-state index in [-0.39, 0.29) is 0 Å². The average Bonchev–Trinajstić information content (AvgIpc) is 3.35. The molecule has 0 radical (unpaired) electrons. The van der Waals surface area contributed by atoms with Crippen molar-refractivity contribution in [2.75, 3.05) is 0 Å². The molecular formula is C52H34N8. The van der Waals surface area contributed by atoms with Crippen molar-refractivity contribution in [3.8, 4) is 102 Å². The Kier molecular flexibility index (Phi) is 9.75. The van der Waals surface area contributed by atoms with Crippen LogP contribution in [-0.2, 0) is 0 Å². The Labute approximate surface area is 347 Å². The Balaban J connectivity index is 1.14. The average molecular weight is 771 g/mol.